The smallest absolute Gasteiger partial charge is 0.143 e. The van der Waals surface area contributed by atoms with Gasteiger partial charge in [0.05, 0.1) is 5.69 Å². The van der Waals surface area contributed by atoms with Crippen LogP contribution in [0.5, 0.6) is 0 Å². The number of hydrogen-bond donors (Lipinski definition) is 0. The fourth-order valence-corrected chi connectivity index (χ4v) is 9.86. The van der Waals surface area contributed by atoms with Crippen molar-refractivity contribution < 1.29 is 8.83 Å². The number of para-hydroxylation sites is 3. The molecule has 0 aliphatic heterocycles. The third-order valence-electron chi connectivity index (χ3n) is 12.9. The summed E-state index contributed by atoms with van der Waals surface area (Å²) in [5.74, 6) is 0. The molecule has 13 aromatic rings. The summed E-state index contributed by atoms with van der Waals surface area (Å²) in [5.41, 5.74) is 13.5. The molecule has 0 N–H and O–H groups in total. The molecule has 0 aliphatic rings. The largest absolute Gasteiger partial charge is 0.455 e. The normalized spacial score (nSPS) is 11.8. The van der Waals surface area contributed by atoms with E-state index in [1.807, 2.05) is 12.1 Å². The van der Waals surface area contributed by atoms with E-state index < -0.39 is 0 Å². The maximum Gasteiger partial charge on any atom is 0.143 e. The molecule has 0 atom stereocenters. The third kappa shape index (κ3) is 5.67. The van der Waals surface area contributed by atoms with Gasteiger partial charge < -0.3 is 13.7 Å². The number of anilines is 3. The van der Waals surface area contributed by atoms with Crippen molar-refractivity contribution in [3.05, 3.63) is 224 Å². The average molecular weight is 804 g/mol. The summed E-state index contributed by atoms with van der Waals surface area (Å²) in [6.45, 7) is 0. The van der Waals surface area contributed by atoms with Gasteiger partial charge in [0.15, 0.2) is 0 Å². The summed E-state index contributed by atoms with van der Waals surface area (Å²) in [5, 5.41) is 11.8. The van der Waals surface area contributed by atoms with Gasteiger partial charge in [-0.15, -0.1) is 0 Å². The molecule has 0 bridgehead atoms. The fourth-order valence-electron chi connectivity index (χ4n) is 9.86. The number of nitrogens with zero attached hydrogens (tertiary/aromatic N) is 1. The van der Waals surface area contributed by atoms with E-state index in [9.17, 15) is 0 Å². The Bertz CT molecular complexity index is 3910. The molecule has 0 saturated carbocycles. The van der Waals surface area contributed by atoms with Crippen LogP contribution in [-0.4, -0.2) is 0 Å². The van der Waals surface area contributed by atoms with E-state index in [1.54, 1.807) is 0 Å². The highest BCUT2D eigenvalue weighted by Gasteiger charge is 2.22. The molecule has 0 saturated heterocycles. The second kappa shape index (κ2) is 14.1. The molecular formula is C60H37NO2. The molecule has 3 heteroatoms. The van der Waals surface area contributed by atoms with E-state index in [0.29, 0.717) is 0 Å². The molecule has 11 aromatic carbocycles. The van der Waals surface area contributed by atoms with Crippen molar-refractivity contribution in [1.82, 2.24) is 0 Å². The zero-order valence-corrected chi connectivity index (χ0v) is 34.1. The third-order valence-corrected chi connectivity index (χ3v) is 12.9. The molecule has 63 heavy (non-hydrogen) atoms. The molecule has 0 unspecified atom stereocenters. The van der Waals surface area contributed by atoms with Gasteiger partial charge in [0.25, 0.3) is 0 Å². The van der Waals surface area contributed by atoms with E-state index in [1.165, 1.54) is 27.1 Å². The number of rotatable bonds is 6. The minimum Gasteiger partial charge on any atom is -0.455 e. The lowest BCUT2D eigenvalue weighted by molar-refractivity contribution is 0.670. The Morgan fingerprint density at radius 3 is 1.67 bits per heavy atom. The summed E-state index contributed by atoms with van der Waals surface area (Å²) < 4.78 is 13.2. The Kier molecular flexibility index (Phi) is 7.91. The van der Waals surface area contributed by atoms with Crippen LogP contribution in [0.2, 0.25) is 0 Å². The van der Waals surface area contributed by atoms with Crippen molar-refractivity contribution in [3.8, 4) is 33.4 Å². The molecular weight excluding hydrogens is 767 g/mol. The first kappa shape index (κ1) is 35.4. The quantitative estimate of drug-likeness (QED) is 0.157. The Balaban J connectivity index is 0.966. The van der Waals surface area contributed by atoms with Crippen molar-refractivity contribution in [2.45, 2.75) is 0 Å². The molecule has 0 spiro atoms. The van der Waals surface area contributed by atoms with Crippen LogP contribution in [0.15, 0.2) is 233 Å². The van der Waals surface area contributed by atoms with E-state index >= 15 is 0 Å². The predicted molar refractivity (Wildman–Crippen MR) is 265 cm³/mol. The van der Waals surface area contributed by atoms with Gasteiger partial charge in [0.2, 0.25) is 0 Å². The van der Waals surface area contributed by atoms with Crippen molar-refractivity contribution >= 4 is 93.3 Å². The van der Waals surface area contributed by atoms with Crippen LogP contribution in [0, 0.1) is 0 Å². The molecule has 0 amide bonds. The molecule has 2 aromatic heterocycles. The highest BCUT2D eigenvalue weighted by Crippen LogP contribution is 2.46. The second-order valence-corrected chi connectivity index (χ2v) is 16.4. The van der Waals surface area contributed by atoms with Crippen LogP contribution in [-0.2, 0) is 0 Å². The Hall–Kier alpha value is -8.40. The van der Waals surface area contributed by atoms with E-state index in [4.69, 9.17) is 8.83 Å². The molecule has 0 aliphatic carbocycles. The number of benzene rings is 11. The Morgan fingerprint density at radius 2 is 0.825 bits per heavy atom. The Morgan fingerprint density at radius 1 is 0.286 bits per heavy atom. The highest BCUT2D eigenvalue weighted by molar-refractivity contribution is 6.20. The second-order valence-electron chi connectivity index (χ2n) is 16.4. The summed E-state index contributed by atoms with van der Waals surface area (Å²) in [6, 6.07) is 80.5. The van der Waals surface area contributed by atoms with Crippen molar-refractivity contribution in [2.75, 3.05) is 4.90 Å². The molecule has 0 fully saturated rings. The standard InChI is InChI=1S/C60H37NO2/c1-3-13-46-39(11-1)23-24-43-37-42(30-35-47(43)46)38-25-31-44(32-26-38)61(45-33-27-41(28-34-45)49-17-9-19-53-51-16-6-8-21-56(51)62-59(49)53)55-20-7-5-15-50(55)52-18-10-22-57-58(52)54-36-29-40-12-2-4-14-48(40)60(54)63-57/h1-37H. The van der Waals surface area contributed by atoms with Crippen LogP contribution in [0.1, 0.15) is 0 Å². The van der Waals surface area contributed by atoms with Gasteiger partial charge in [-0.1, -0.05) is 170 Å². The summed E-state index contributed by atoms with van der Waals surface area (Å²) in [6.07, 6.45) is 0. The van der Waals surface area contributed by atoms with Gasteiger partial charge in [0.1, 0.15) is 22.3 Å². The first-order valence-electron chi connectivity index (χ1n) is 21.5. The van der Waals surface area contributed by atoms with Crippen LogP contribution in [0.25, 0.3) is 110 Å². The number of furan rings is 2. The van der Waals surface area contributed by atoms with E-state index in [2.05, 4.69) is 217 Å². The Labute approximate surface area is 363 Å². The monoisotopic (exact) mass is 803 g/mol. The van der Waals surface area contributed by atoms with Crippen molar-refractivity contribution in [1.29, 1.82) is 0 Å². The molecule has 2 heterocycles. The van der Waals surface area contributed by atoms with Gasteiger partial charge in [-0.25, -0.2) is 0 Å². The fraction of sp³-hybridized carbons (Fsp3) is 0. The average Bonchev–Trinajstić information content (AvgIpc) is 3.94. The van der Waals surface area contributed by atoms with Crippen LogP contribution < -0.4 is 4.90 Å². The maximum atomic E-state index is 6.68. The zero-order chi connectivity index (χ0) is 41.4. The summed E-state index contributed by atoms with van der Waals surface area (Å²) >= 11 is 0. The molecule has 13 rings (SSSR count). The highest BCUT2D eigenvalue weighted by atomic mass is 16.3. The van der Waals surface area contributed by atoms with E-state index in [0.717, 1.165) is 99.5 Å². The first-order valence-corrected chi connectivity index (χ1v) is 21.5. The molecule has 294 valence electrons. The number of fused-ring (bicyclic) bond motifs is 11. The molecule has 0 radical (unpaired) electrons. The predicted octanol–water partition coefficient (Wildman–Crippen LogP) is 17.4. The van der Waals surface area contributed by atoms with Gasteiger partial charge >= 0.3 is 0 Å². The van der Waals surface area contributed by atoms with Gasteiger partial charge in [-0.2, -0.15) is 0 Å². The zero-order valence-electron chi connectivity index (χ0n) is 34.1. The molecule has 3 nitrogen and oxygen atoms in total. The first-order chi connectivity index (χ1) is 31.2. The topological polar surface area (TPSA) is 29.5 Å². The van der Waals surface area contributed by atoms with Crippen molar-refractivity contribution in [2.24, 2.45) is 0 Å². The minimum atomic E-state index is 0.872. The summed E-state index contributed by atoms with van der Waals surface area (Å²) in [4.78, 5) is 2.38. The minimum absolute atomic E-state index is 0.872. The summed E-state index contributed by atoms with van der Waals surface area (Å²) in [7, 11) is 0. The van der Waals surface area contributed by atoms with Crippen molar-refractivity contribution in [3.63, 3.8) is 0 Å². The van der Waals surface area contributed by atoms with Crippen LogP contribution in [0.4, 0.5) is 17.1 Å². The SMILES string of the molecule is c1ccc(N(c2ccc(-c3ccc4c(ccc5ccccc54)c3)cc2)c2ccc(-c3cccc4c3oc3ccccc34)cc2)c(-c2cccc3oc4c5ccccc5ccc4c23)c1. The maximum absolute atomic E-state index is 6.68. The van der Waals surface area contributed by atoms with Gasteiger partial charge in [-0.05, 0) is 104 Å². The van der Waals surface area contributed by atoms with Crippen LogP contribution in [0.3, 0.4) is 0 Å². The lowest BCUT2D eigenvalue weighted by Gasteiger charge is -2.28. The van der Waals surface area contributed by atoms with Crippen LogP contribution >= 0.6 is 0 Å². The lowest BCUT2D eigenvalue weighted by atomic mass is 9.95. The van der Waals surface area contributed by atoms with Gasteiger partial charge in [-0.3, -0.25) is 0 Å². The lowest BCUT2D eigenvalue weighted by Crippen LogP contribution is -2.11. The number of hydrogen-bond acceptors (Lipinski definition) is 3. The van der Waals surface area contributed by atoms with E-state index in [-0.39, 0.29) is 0 Å². The van der Waals surface area contributed by atoms with Gasteiger partial charge in [0, 0.05) is 49.4 Å².